The molecule has 0 aliphatic carbocycles. The lowest BCUT2D eigenvalue weighted by Gasteiger charge is -2.36. The minimum absolute atomic E-state index is 0.0993. The van der Waals surface area contributed by atoms with Gasteiger partial charge in [0.2, 0.25) is 15.9 Å². The van der Waals surface area contributed by atoms with Gasteiger partial charge in [0.25, 0.3) is 0 Å². The van der Waals surface area contributed by atoms with E-state index >= 15 is 0 Å². The molecule has 0 N–H and O–H groups in total. The minimum Gasteiger partial charge on any atom is -0.312 e. The maximum atomic E-state index is 13.3. The molecular weight excluding hydrogens is 412 g/mol. The molecule has 2 aliphatic heterocycles. The second-order valence-corrected chi connectivity index (χ2v) is 10.4. The van der Waals surface area contributed by atoms with Gasteiger partial charge in [-0.1, -0.05) is 29.8 Å². The number of hydrogen-bond donors (Lipinski definition) is 0. The van der Waals surface area contributed by atoms with Crippen LogP contribution in [0.1, 0.15) is 47.7 Å². The van der Waals surface area contributed by atoms with E-state index in [1.54, 1.807) is 12.1 Å². The number of carbonyl (C=O) groups is 2. The molecule has 0 radical (unpaired) electrons. The first-order valence-corrected chi connectivity index (χ1v) is 12.2. The van der Waals surface area contributed by atoms with Crippen LogP contribution in [0.2, 0.25) is 0 Å². The van der Waals surface area contributed by atoms with Crippen LogP contribution in [-0.4, -0.2) is 44.0 Å². The number of Topliss-reactive ketones (excluding diaryl/α,β-unsaturated/α-hetero) is 1. The van der Waals surface area contributed by atoms with E-state index in [9.17, 15) is 18.0 Å². The lowest BCUT2D eigenvalue weighted by Crippen LogP contribution is -2.45. The monoisotopic (exact) mass is 440 g/mol. The van der Waals surface area contributed by atoms with E-state index < -0.39 is 10.0 Å². The number of piperidine rings is 1. The Balaban J connectivity index is 1.44. The van der Waals surface area contributed by atoms with Crippen LogP contribution in [0.3, 0.4) is 0 Å². The van der Waals surface area contributed by atoms with E-state index in [0.717, 1.165) is 25.1 Å². The largest absolute Gasteiger partial charge is 0.312 e. The van der Waals surface area contributed by atoms with Crippen LogP contribution in [0.25, 0.3) is 0 Å². The first-order valence-electron chi connectivity index (χ1n) is 10.8. The van der Waals surface area contributed by atoms with Crippen LogP contribution < -0.4 is 4.90 Å². The topological polar surface area (TPSA) is 74.8 Å². The molecule has 1 fully saturated rings. The van der Waals surface area contributed by atoms with Gasteiger partial charge in [0.05, 0.1) is 4.90 Å². The summed E-state index contributed by atoms with van der Waals surface area (Å²) in [7, 11) is -3.63. The van der Waals surface area contributed by atoms with Crippen molar-refractivity contribution in [1.82, 2.24) is 4.31 Å². The summed E-state index contributed by atoms with van der Waals surface area (Å²) in [6.45, 7) is 4.87. The van der Waals surface area contributed by atoms with Gasteiger partial charge in [-0.3, -0.25) is 9.59 Å². The summed E-state index contributed by atoms with van der Waals surface area (Å²) in [6.07, 6.45) is 2.97. The molecule has 2 aromatic carbocycles. The third-order valence-electron chi connectivity index (χ3n) is 6.32. The van der Waals surface area contributed by atoms with Crippen molar-refractivity contribution < 1.29 is 18.0 Å². The van der Waals surface area contributed by atoms with Gasteiger partial charge >= 0.3 is 0 Å². The van der Waals surface area contributed by atoms with Gasteiger partial charge in [0.15, 0.2) is 5.78 Å². The van der Waals surface area contributed by atoms with Gasteiger partial charge in [-0.25, -0.2) is 8.42 Å². The zero-order valence-electron chi connectivity index (χ0n) is 18.0. The molecule has 164 valence electrons. The Hall–Kier alpha value is -2.51. The number of rotatable bonds is 4. The van der Waals surface area contributed by atoms with Crippen molar-refractivity contribution >= 4 is 27.4 Å². The number of hydrogen-bond acceptors (Lipinski definition) is 4. The summed E-state index contributed by atoms with van der Waals surface area (Å²) in [5.74, 6) is -0.163. The first-order chi connectivity index (χ1) is 14.8. The molecule has 0 atom stereocenters. The molecule has 1 saturated heterocycles. The van der Waals surface area contributed by atoms with Gasteiger partial charge in [-0.15, -0.1) is 0 Å². The molecule has 6 nitrogen and oxygen atoms in total. The van der Waals surface area contributed by atoms with E-state index in [2.05, 4.69) is 13.0 Å². The zero-order valence-corrected chi connectivity index (χ0v) is 18.8. The van der Waals surface area contributed by atoms with Crippen LogP contribution in [0.4, 0.5) is 5.69 Å². The highest BCUT2D eigenvalue weighted by molar-refractivity contribution is 7.89. The van der Waals surface area contributed by atoms with E-state index in [4.69, 9.17) is 0 Å². The maximum absolute atomic E-state index is 13.3. The number of amides is 1. The summed E-state index contributed by atoms with van der Waals surface area (Å²) in [6, 6.07) is 12.3. The highest BCUT2D eigenvalue weighted by Crippen LogP contribution is 2.32. The number of fused-ring (bicyclic) bond motifs is 1. The van der Waals surface area contributed by atoms with E-state index in [0.29, 0.717) is 31.5 Å². The van der Waals surface area contributed by atoms with Crippen molar-refractivity contribution in [2.24, 2.45) is 5.92 Å². The van der Waals surface area contributed by atoms with Gasteiger partial charge in [-0.05, 0) is 63.3 Å². The van der Waals surface area contributed by atoms with Gasteiger partial charge in [0, 0.05) is 36.8 Å². The summed E-state index contributed by atoms with van der Waals surface area (Å²) in [4.78, 5) is 26.8. The highest BCUT2D eigenvalue weighted by atomic mass is 32.2. The fourth-order valence-electron chi connectivity index (χ4n) is 4.53. The predicted molar refractivity (Wildman–Crippen MR) is 120 cm³/mol. The van der Waals surface area contributed by atoms with Crippen molar-refractivity contribution in [3.8, 4) is 0 Å². The first kappa shape index (κ1) is 21.7. The summed E-state index contributed by atoms with van der Waals surface area (Å²) >= 11 is 0. The van der Waals surface area contributed by atoms with Gasteiger partial charge in [0.1, 0.15) is 0 Å². The quantitative estimate of drug-likeness (QED) is 0.681. The fourth-order valence-corrected chi connectivity index (χ4v) is 6.00. The van der Waals surface area contributed by atoms with Crippen molar-refractivity contribution in [1.29, 1.82) is 0 Å². The van der Waals surface area contributed by atoms with Crippen LogP contribution >= 0.6 is 0 Å². The summed E-state index contributed by atoms with van der Waals surface area (Å²) in [5.41, 5.74) is 3.90. The van der Waals surface area contributed by atoms with E-state index in [1.807, 2.05) is 17.0 Å². The number of sulfonamides is 1. The van der Waals surface area contributed by atoms with Crippen LogP contribution in [-0.2, 0) is 21.2 Å². The number of anilines is 1. The smallest absolute Gasteiger partial charge is 0.243 e. The molecule has 0 unspecified atom stereocenters. The molecule has 2 heterocycles. The van der Waals surface area contributed by atoms with Crippen LogP contribution in [0, 0.1) is 12.8 Å². The molecule has 4 rings (SSSR count). The Morgan fingerprint density at radius 1 is 0.968 bits per heavy atom. The number of aryl methyl sites for hydroxylation is 2. The molecule has 0 bridgehead atoms. The zero-order chi connectivity index (χ0) is 22.2. The number of carbonyl (C=O) groups excluding carboxylic acids is 2. The Morgan fingerprint density at radius 2 is 1.65 bits per heavy atom. The molecule has 2 aromatic rings. The van der Waals surface area contributed by atoms with Crippen molar-refractivity contribution in [3.63, 3.8) is 0 Å². The molecule has 2 aliphatic rings. The van der Waals surface area contributed by atoms with Crippen molar-refractivity contribution in [2.75, 3.05) is 24.5 Å². The second kappa shape index (κ2) is 8.55. The Bertz CT molecular complexity index is 1100. The summed E-state index contributed by atoms with van der Waals surface area (Å²) in [5, 5.41) is 0. The Morgan fingerprint density at radius 3 is 2.29 bits per heavy atom. The number of ketones is 1. The van der Waals surface area contributed by atoms with Crippen LogP contribution in [0.5, 0.6) is 0 Å². The molecule has 0 spiro atoms. The molecule has 0 saturated carbocycles. The van der Waals surface area contributed by atoms with E-state index in [1.165, 1.54) is 34.5 Å². The van der Waals surface area contributed by atoms with Gasteiger partial charge in [-0.2, -0.15) is 4.31 Å². The van der Waals surface area contributed by atoms with Crippen LogP contribution in [0.15, 0.2) is 47.4 Å². The van der Waals surface area contributed by atoms with Gasteiger partial charge < -0.3 is 4.90 Å². The van der Waals surface area contributed by atoms with Crippen molar-refractivity contribution in [2.45, 2.75) is 44.4 Å². The minimum atomic E-state index is -3.63. The Labute approximate surface area is 183 Å². The molecular formula is C24H28N2O4S. The third-order valence-corrected chi connectivity index (χ3v) is 8.23. The Kier molecular flexibility index (Phi) is 5.99. The lowest BCUT2D eigenvalue weighted by molar-refractivity contribution is -0.123. The number of benzene rings is 2. The molecule has 0 aromatic heterocycles. The average molecular weight is 441 g/mol. The molecule has 31 heavy (non-hydrogen) atoms. The second-order valence-electron chi connectivity index (χ2n) is 8.48. The maximum Gasteiger partial charge on any atom is 0.243 e. The summed E-state index contributed by atoms with van der Waals surface area (Å²) < 4.78 is 27.4. The van der Waals surface area contributed by atoms with E-state index in [-0.39, 0.29) is 22.5 Å². The lowest BCUT2D eigenvalue weighted by atomic mass is 9.93. The standard InChI is InChI=1S/C24H28N2O4S/c1-17-5-10-23-21(16-17)4-3-13-26(23)24(28)20-11-14-25(15-12-20)31(29,30)22-8-6-19(7-9-22)18(2)27/h5-10,16,20H,3-4,11-15H2,1-2H3. The normalized spacial score (nSPS) is 17.9. The van der Waals surface area contributed by atoms with Crippen molar-refractivity contribution in [3.05, 3.63) is 59.2 Å². The average Bonchev–Trinajstić information content (AvgIpc) is 2.78. The molecule has 7 heteroatoms. The SMILES string of the molecule is CC(=O)c1ccc(S(=O)(=O)N2CCC(C(=O)N3CCCc4cc(C)ccc43)CC2)cc1. The highest BCUT2D eigenvalue weighted by Gasteiger charge is 2.35. The number of nitrogens with zero attached hydrogens (tertiary/aromatic N) is 2. The third kappa shape index (κ3) is 4.29. The predicted octanol–water partition coefficient (Wildman–Crippen LogP) is 3.58. The molecule has 1 amide bonds. The fraction of sp³-hybridized carbons (Fsp3) is 0.417.